The van der Waals surface area contributed by atoms with E-state index < -0.39 is 0 Å². The molecule has 1 N–H and O–H groups in total. The van der Waals surface area contributed by atoms with Crippen LogP contribution in [0.25, 0.3) is 22.0 Å². The average Bonchev–Trinajstić information content (AvgIpc) is 3.54. The highest BCUT2D eigenvalue weighted by molar-refractivity contribution is 5.85. The minimum atomic E-state index is 0.334. The Morgan fingerprint density at radius 1 is 1.16 bits per heavy atom. The molecule has 32 heavy (non-hydrogen) atoms. The van der Waals surface area contributed by atoms with Crippen LogP contribution in [-0.4, -0.2) is 44.9 Å². The second-order valence-electron chi connectivity index (χ2n) is 8.76. The fraction of sp³-hybridized carbons (Fsp3) is 0.385. The number of likely N-dealkylation sites (tertiary alicyclic amines) is 1. The summed E-state index contributed by atoms with van der Waals surface area (Å²) in [6.07, 6.45) is 6.16. The van der Waals surface area contributed by atoms with E-state index in [1.165, 1.54) is 39.8 Å². The van der Waals surface area contributed by atoms with Crippen molar-refractivity contribution in [3.05, 3.63) is 71.4 Å². The zero-order valence-electron chi connectivity index (χ0n) is 19.1. The first-order chi connectivity index (χ1) is 15.7. The maximum atomic E-state index is 5.37. The van der Waals surface area contributed by atoms with Gasteiger partial charge in [0.1, 0.15) is 0 Å². The number of rotatable bonds is 7. The van der Waals surface area contributed by atoms with E-state index in [0.717, 1.165) is 43.9 Å². The van der Waals surface area contributed by atoms with Crippen molar-refractivity contribution >= 4 is 10.9 Å². The van der Waals surface area contributed by atoms with Gasteiger partial charge in [0.05, 0.1) is 24.5 Å². The van der Waals surface area contributed by atoms with Crippen LogP contribution in [0.4, 0.5) is 0 Å². The third kappa shape index (κ3) is 3.85. The monoisotopic (exact) mass is 429 g/mol. The SMILES string of the molecule is COCCn1c(C)c(CN2CCC[C@@H]2c2cc(-c3cn[nH]c3)cc(C)n2)c2ccccc21. The molecule has 1 fully saturated rings. The molecule has 4 heterocycles. The molecule has 0 aliphatic carbocycles. The predicted octanol–water partition coefficient (Wildman–Crippen LogP) is 5.03. The van der Waals surface area contributed by atoms with Crippen LogP contribution < -0.4 is 0 Å². The molecule has 0 radical (unpaired) electrons. The summed E-state index contributed by atoms with van der Waals surface area (Å²) in [6, 6.07) is 13.5. The molecule has 6 heteroatoms. The Hall–Kier alpha value is -2.96. The van der Waals surface area contributed by atoms with Crippen molar-refractivity contribution in [3.8, 4) is 11.1 Å². The number of methoxy groups -OCH3 is 1. The first-order valence-electron chi connectivity index (χ1n) is 11.4. The molecule has 0 bridgehead atoms. The molecule has 0 unspecified atom stereocenters. The van der Waals surface area contributed by atoms with Gasteiger partial charge in [-0.1, -0.05) is 18.2 Å². The van der Waals surface area contributed by atoms with Gasteiger partial charge in [0.2, 0.25) is 0 Å². The molecule has 4 aromatic rings. The van der Waals surface area contributed by atoms with E-state index in [1.807, 2.05) is 12.4 Å². The summed E-state index contributed by atoms with van der Waals surface area (Å²) in [4.78, 5) is 7.56. The van der Waals surface area contributed by atoms with E-state index in [1.54, 1.807) is 7.11 Å². The predicted molar refractivity (Wildman–Crippen MR) is 127 cm³/mol. The molecule has 1 aliphatic rings. The minimum absolute atomic E-state index is 0.334. The molecule has 1 aromatic carbocycles. The number of aromatic nitrogens is 4. The van der Waals surface area contributed by atoms with E-state index in [-0.39, 0.29) is 0 Å². The maximum absolute atomic E-state index is 5.37. The topological polar surface area (TPSA) is 59.0 Å². The Balaban J connectivity index is 1.48. The third-order valence-corrected chi connectivity index (χ3v) is 6.75. The fourth-order valence-electron chi connectivity index (χ4n) is 5.17. The lowest BCUT2D eigenvalue weighted by molar-refractivity contribution is 0.187. The number of hydrogen-bond acceptors (Lipinski definition) is 4. The Kier molecular flexibility index (Phi) is 5.81. The van der Waals surface area contributed by atoms with Crippen molar-refractivity contribution in [2.24, 2.45) is 0 Å². The van der Waals surface area contributed by atoms with Gasteiger partial charge >= 0.3 is 0 Å². The molecule has 166 valence electrons. The summed E-state index contributed by atoms with van der Waals surface area (Å²) >= 11 is 0. The van der Waals surface area contributed by atoms with Crippen molar-refractivity contribution in [2.45, 2.75) is 45.8 Å². The zero-order chi connectivity index (χ0) is 22.1. The van der Waals surface area contributed by atoms with E-state index >= 15 is 0 Å². The molecular weight excluding hydrogens is 398 g/mol. The number of H-pyrrole nitrogens is 1. The van der Waals surface area contributed by atoms with Crippen molar-refractivity contribution in [2.75, 3.05) is 20.3 Å². The number of nitrogens with zero attached hydrogens (tertiary/aromatic N) is 4. The van der Waals surface area contributed by atoms with Gasteiger partial charge in [-0.05, 0) is 62.6 Å². The highest BCUT2D eigenvalue weighted by Gasteiger charge is 2.29. The van der Waals surface area contributed by atoms with Crippen LogP contribution in [0, 0.1) is 13.8 Å². The number of para-hydroxylation sites is 1. The summed E-state index contributed by atoms with van der Waals surface area (Å²) in [5.41, 5.74) is 8.57. The van der Waals surface area contributed by atoms with E-state index in [4.69, 9.17) is 9.72 Å². The fourth-order valence-corrected chi connectivity index (χ4v) is 5.17. The van der Waals surface area contributed by atoms with Crippen molar-refractivity contribution in [3.63, 3.8) is 0 Å². The normalized spacial score (nSPS) is 16.9. The average molecular weight is 430 g/mol. The second-order valence-corrected chi connectivity index (χ2v) is 8.76. The van der Waals surface area contributed by atoms with Gasteiger partial charge in [-0.15, -0.1) is 0 Å². The van der Waals surface area contributed by atoms with Crippen molar-refractivity contribution in [1.82, 2.24) is 24.6 Å². The molecule has 0 spiro atoms. The Morgan fingerprint density at radius 2 is 2.03 bits per heavy atom. The number of nitrogens with one attached hydrogen (secondary N) is 1. The Labute approximate surface area is 189 Å². The third-order valence-electron chi connectivity index (χ3n) is 6.75. The van der Waals surface area contributed by atoms with Gasteiger partial charge in [0.25, 0.3) is 0 Å². The minimum Gasteiger partial charge on any atom is -0.383 e. The van der Waals surface area contributed by atoms with Crippen LogP contribution in [0.3, 0.4) is 0 Å². The summed E-state index contributed by atoms with van der Waals surface area (Å²) in [7, 11) is 1.77. The number of ether oxygens (including phenoxy) is 1. The maximum Gasteiger partial charge on any atom is 0.0642 e. The van der Waals surface area contributed by atoms with Crippen LogP contribution in [0.2, 0.25) is 0 Å². The van der Waals surface area contributed by atoms with Crippen LogP contribution in [0.15, 0.2) is 48.8 Å². The lowest BCUT2D eigenvalue weighted by Gasteiger charge is -2.25. The zero-order valence-corrected chi connectivity index (χ0v) is 19.1. The molecule has 6 nitrogen and oxygen atoms in total. The quantitative estimate of drug-likeness (QED) is 0.448. The van der Waals surface area contributed by atoms with Crippen LogP contribution >= 0.6 is 0 Å². The molecule has 0 amide bonds. The smallest absolute Gasteiger partial charge is 0.0642 e. The first-order valence-corrected chi connectivity index (χ1v) is 11.4. The molecule has 1 saturated heterocycles. The number of pyridine rings is 1. The number of hydrogen-bond donors (Lipinski definition) is 1. The second kappa shape index (κ2) is 8.88. The van der Waals surface area contributed by atoms with E-state index in [9.17, 15) is 0 Å². The molecule has 3 aromatic heterocycles. The van der Waals surface area contributed by atoms with Crippen LogP contribution in [0.5, 0.6) is 0 Å². The summed E-state index contributed by atoms with van der Waals surface area (Å²) in [5.74, 6) is 0. The molecule has 1 aliphatic heterocycles. The lowest BCUT2D eigenvalue weighted by Crippen LogP contribution is -2.24. The Morgan fingerprint density at radius 3 is 2.84 bits per heavy atom. The molecule has 0 saturated carbocycles. The number of aryl methyl sites for hydroxylation is 1. The van der Waals surface area contributed by atoms with Gasteiger partial charge in [0, 0.05) is 54.3 Å². The molecule has 5 rings (SSSR count). The van der Waals surface area contributed by atoms with Crippen LogP contribution in [0.1, 0.15) is 41.5 Å². The first kappa shape index (κ1) is 20.9. The van der Waals surface area contributed by atoms with Gasteiger partial charge in [-0.25, -0.2) is 0 Å². The number of benzene rings is 1. The van der Waals surface area contributed by atoms with Crippen molar-refractivity contribution < 1.29 is 4.74 Å². The van der Waals surface area contributed by atoms with Gasteiger partial charge < -0.3 is 9.30 Å². The number of fused-ring (bicyclic) bond motifs is 1. The standard InChI is InChI=1S/C26H31N5O/c1-18-13-20(21-15-27-28-16-21)14-24(29-18)26-9-6-10-30(26)17-23-19(2)31(11-12-32-3)25-8-5-4-7-22(23)25/h4-5,7-8,13-16,26H,6,9-12,17H2,1-3H3,(H,27,28)/t26-/m1/s1. The summed E-state index contributed by atoms with van der Waals surface area (Å²) in [5, 5.41) is 8.40. The van der Waals surface area contributed by atoms with Gasteiger partial charge in [-0.3, -0.25) is 15.0 Å². The van der Waals surface area contributed by atoms with Crippen LogP contribution in [-0.2, 0) is 17.8 Å². The summed E-state index contributed by atoms with van der Waals surface area (Å²) in [6.45, 7) is 7.96. The highest BCUT2D eigenvalue weighted by Crippen LogP contribution is 2.36. The number of aromatic amines is 1. The largest absolute Gasteiger partial charge is 0.383 e. The van der Waals surface area contributed by atoms with Gasteiger partial charge in [0.15, 0.2) is 0 Å². The van der Waals surface area contributed by atoms with Gasteiger partial charge in [-0.2, -0.15) is 5.10 Å². The van der Waals surface area contributed by atoms with E-state index in [2.05, 4.69) is 69.9 Å². The lowest BCUT2D eigenvalue weighted by atomic mass is 10.0. The van der Waals surface area contributed by atoms with Crippen molar-refractivity contribution in [1.29, 1.82) is 0 Å². The van der Waals surface area contributed by atoms with E-state index in [0.29, 0.717) is 6.04 Å². The Bertz CT molecular complexity index is 1210. The molecule has 1 atom stereocenters. The summed E-state index contributed by atoms with van der Waals surface area (Å²) < 4.78 is 7.78. The molecular formula is C26H31N5O. The highest BCUT2D eigenvalue weighted by atomic mass is 16.5.